The first-order valence-corrected chi connectivity index (χ1v) is 11.1. The largest absolute Gasteiger partial charge is 0.329 e. The molecule has 0 aliphatic carbocycles. The summed E-state index contributed by atoms with van der Waals surface area (Å²) in [5.41, 5.74) is 4.61. The molecule has 32 heavy (non-hydrogen) atoms. The molecule has 0 spiro atoms. The van der Waals surface area contributed by atoms with Crippen LogP contribution >= 0.6 is 11.6 Å². The van der Waals surface area contributed by atoms with E-state index in [2.05, 4.69) is 46.4 Å². The highest BCUT2D eigenvalue weighted by Crippen LogP contribution is 2.29. The van der Waals surface area contributed by atoms with Gasteiger partial charge < -0.3 is 0 Å². The molecule has 9 heteroatoms. The van der Waals surface area contributed by atoms with Crippen LogP contribution in [0.2, 0.25) is 5.15 Å². The van der Waals surface area contributed by atoms with Crippen LogP contribution in [0.4, 0.5) is 0 Å². The van der Waals surface area contributed by atoms with Gasteiger partial charge in [0.1, 0.15) is 5.15 Å². The summed E-state index contributed by atoms with van der Waals surface area (Å²) in [6, 6.07) is 9.96. The van der Waals surface area contributed by atoms with Gasteiger partial charge in [-0.3, -0.25) is 14.1 Å². The van der Waals surface area contributed by atoms with Crippen molar-refractivity contribution in [3.8, 4) is 22.5 Å². The van der Waals surface area contributed by atoms with Gasteiger partial charge in [-0.15, -0.1) is 10.2 Å². The first kappa shape index (κ1) is 22.0. The van der Waals surface area contributed by atoms with E-state index in [9.17, 15) is 4.79 Å². The second-order valence-corrected chi connectivity index (χ2v) is 8.57. The maximum absolute atomic E-state index is 13.1. The summed E-state index contributed by atoms with van der Waals surface area (Å²) >= 11 is 6.61. The third-order valence-electron chi connectivity index (χ3n) is 5.31. The number of nitrogens with zero attached hydrogens (tertiary/aromatic N) is 6. The van der Waals surface area contributed by atoms with Gasteiger partial charge in [0, 0.05) is 30.1 Å². The van der Waals surface area contributed by atoms with Gasteiger partial charge in [0.15, 0.2) is 0 Å². The van der Waals surface area contributed by atoms with Crippen LogP contribution in [0, 0.1) is 5.92 Å². The Hall–Kier alpha value is -3.26. The van der Waals surface area contributed by atoms with Gasteiger partial charge in [-0.1, -0.05) is 63.1 Å². The molecule has 3 heterocycles. The zero-order chi connectivity index (χ0) is 22.7. The van der Waals surface area contributed by atoms with E-state index in [1.54, 1.807) is 21.5 Å². The smallest absolute Gasteiger partial charge is 0.290 e. The second kappa shape index (κ2) is 9.48. The first-order chi connectivity index (χ1) is 15.5. The Balaban J connectivity index is 1.66. The molecule has 0 amide bonds. The first-order valence-electron chi connectivity index (χ1n) is 10.7. The summed E-state index contributed by atoms with van der Waals surface area (Å²) in [7, 11) is 0. The lowest BCUT2D eigenvalue weighted by atomic mass is 10.0. The number of imidazole rings is 1. The number of hydrogen-bond donors (Lipinski definition) is 1. The van der Waals surface area contributed by atoms with Crippen molar-refractivity contribution in [3.05, 3.63) is 69.6 Å². The van der Waals surface area contributed by atoms with Gasteiger partial charge in [0.05, 0.1) is 12.2 Å². The molecule has 0 saturated carbocycles. The van der Waals surface area contributed by atoms with Crippen molar-refractivity contribution >= 4 is 11.6 Å². The van der Waals surface area contributed by atoms with Crippen molar-refractivity contribution in [3.63, 3.8) is 0 Å². The third kappa shape index (κ3) is 4.36. The van der Waals surface area contributed by atoms with E-state index in [-0.39, 0.29) is 5.69 Å². The monoisotopic (exact) mass is 451 g/mol. The molecule has 3 aromatic heterocycles. The Morgan fingerprint density at radius 3 is 2.53 bits per heavy atom. The van der Waals surface area contributed by atoms with Crippen LogP contribution < -0.4 is 5.69 Å². The highest BCUT2D eigenvalue weighted by Gasteiger charge is 2.19. The zero-order valence-electron chi connectivity index (χ0n) is 18.4. The fraction of sp³-hybridized carbons (Fsp3) is 0.348. The highest BCUT2D eigenvalue weighted by atomic mass is 35.5. The third-order valence-corrected chi connectivity index (χ3v) is 5.73. The van der Waals surface area contributed by atoms with Crippen molar-refractivity contribution in [1.29, 1.82) is 0 Å². The summed E-state index contributed by atoms with van der Waals surface area (Å²) in [5.74, 6) is 0.853. The standard InChI is InChI=1S/C23H26ClN7O/c1-4-5-20-21(24)31(13-15(2)3)23(32)30(20)14-16-6-8-17(9-7-16)19-12-25-11-10-18(19)22-26-28-29-27-22/h6-12,15H,4-5,13-14H2,1-3H3,(H,26,27,28,29). The maximum atomic E-state index is 13.1. The van der Waals surface area contributed by atoms with E-state index in [0.717, 1.165) is 40.8 Å². The highest BCUT2D eigenvalue weighted by molar-refractivity contribution is 6.30. The fourth-order valence-electron chi connectivity index (χ4n) is 3.84. The van der Waals surface area contributed by atoms with Crippen LogP contribution in [-0.4, -0.2) is 34.7 Å². The molecule has 8 nitrogen and oxygen atoms in total. The Morgan fingerprint density at radius 1 is 1.09 bits per heavy atom. The lowest BCUT2D eigenvalue weighted by molar-refractivity contribution is 0.504. The number of tetrazole rings is 1. The number of aromatic nitrogens is 7. The Morgan fingerprint density at radius 2 is 1.88 bits per heavy atom. The maximum Gasteiger partial charge on any atom is 0.329 e. The molecule has 0 saturated heterocycles. The lowest BCUT2D eigenvalue weighted by Crippen LogP contribution is -2.27. The average molecular weight is 452 g/mol. The molecule has 0 unspecified atom stereocenters. The molecule has 0 fully saturated rings. The summed E-state index contributed by atoms with van der Waals surface area (Å²) in [6.07, 6.45) is 5.18. The molecule has 0 aliphatic rings. The summed E-state index contributed by atoms with van der Waals surface area (Å²) in [5, 5.41) is 14.9. The Kier molecular flexibility index (Phi) is 6.50. The summed E-state index contributed by atoms with van der Waals surface area (Å²) < 4.78 is 3.50. The van der Waals surface area contributed by atoms with E-state index in [1.807, 2.05) is 30.3 Å². The van der Waals surface area contributed by atoms with Gasteiger partial charge in [-0.05, 0) is 34.7 Å². The summed E-state index contributed by atoms with van der Waals surface area (Å²) in [4.78, 5) is 17.4. The molecule has 4 aromatic rings. The quantitative estimate of drug-likeness (QED) is 0.433. The van der Waals surface area contributed by atoms with Gasteiger partial charge in [0.25, 0.3) is 0 Å². The van der Waals surface area contributed by atoms with Crippen molar-refractivity contribution in [2.24, 2.45) is 5.92 Å². The minimum absolute atomic E-state index is 0.0529. The number of pyridine rings is 1. The summed E-state index contributed by atoms with van der Waals surface area (Å²) in [6.45, 7) is 7.35. The van der Waals surface area contributed by atoms with E-state index < -0.39 is 0 Å². The molecular weight excluding hydrogens is 426 g/mol. The molecule has 1 aromatic carbocycles. The lowest BCUT2D eigenvalue weighted by Gasteiger charge is -2.09. The molecule has 4 rings (SSSR count). The van der Waals surface area contributed by atoms with Gasteiger partial charge in [-0.2, -0.15) is 5.21 Å². The Labute approximate surface area is 191 Å². The van der Waals surface area contributed by atoms with Crippen molar-refractivity contribution < 1.29 is 0 Å². The van der Waals surface area contributed by atoms with Crippen LogP contribution in [-0.2, 0) is 19.5 Å². The number of H-pyrrole nitrogens is 1. The van der Waals surface area contributed by atoms with Crippen LogP contribution in [0.1, 0.15) is 38.4 Å². The van der Waals surface area contributed by atoms with Crippen LogP contribution in [0.3, 0.4) is 0 Å². The number of hydrogen-bond acceptors (Lipinski definition) is 5. The predicted octanol–water partition coefficient (Wildman–Crippen LogP) is 4.20. The second-order valence-electron chi connectivity index (χ2n) is 8.21. The van der Waals surface area contributed by atoms with E-state index in [4.69, 9.17) is 11.6 Å². The molecule has 0 bridgehead atoms. The van der Waals surface area contributed by atoms with Crippen molar-refractivity contribution in [1.82, 2.24) is 34.7 Å². The van der Waals surface area contributed by atoms with Crippen molar-refractivity contribution in [2.45, 2.75) is 46.7 Å². The number of nitrogens with one attached hydrogen (secondary N) is 1. The van der Waals surface area contributed by atoms with Crippen LogP contribution in [0.15, 0.2) is 47.5 Å². The number of aromatic amines is 1. The zero-order valence-corrected chi connectivity index (χ0v) is 19.2. The minimum atomic E-state index is -0.0529. The van der Waals surface area contributed by atoms with E-state index in [0.29, 0.717) is 30.0 Å². The number of rotatable bonds is 8. The number of halogens is 1. The molecule has 1 N–H and O–H groups in total. The van der Waals surface area contributed by atoms with Crippen LogP contribution in [0.25, 0.3) is 22.5 Å². The molecule has 166 valence electrons. The molecule has 0 aliphatic heterocycles. The topological polar surface area (TPSA) is 94.3 Å². The normalized spacial score (nSPS) is 11.4. The van der Waals surface area contributed by atoms with E-state index in [1.165, 1.54) is 0 Å². The molecule has 0 radical (unpaired) electrons. The van der Waals surface area contributed by atoms with Gasteiger partial charge in [-0.25, -0.2) is 4.79 Å². The minimum Gasteiger partial charge on any atom is -0.290 e. The van der Waals surface area contributed by atoms with E-state index >= 15 is 0 Å². The molecule has 0 atom stereocenters. The SMILES string of the molecule is CCCc1c(Cl)n(CC(C)C)c(=O)n1Cc1ccc(-c2cnccc2-c2nn[nH]n2)cc1. The van der Waals surface area contributed by atoms with Gasteiger partial charge in [0.2, 0.25) is 5.82 Å². The van der Waals surface area contributed by atoms with Crippen LogP contribution in [0.5, 0.6) is 0 Å². The number of benzene rings is 1. The van der Waals surface area contributed by atoms with Gasteiger partial charge >= 0.3 is 5.69 Å². The fourth-order valence-corrected chi connectivity index (χ4v) is 4.18. The van der Waals surface area contributed by atoms with Crippen molar-refractivity contribution in [2.75, 3.05) is 0 Å². The predicted molar refractivity (Wildman–Crippen MR) is 124 cm³/mol. The Bertz CT molecular complexity index is 1240. The average Bonchev–Trinajstić information content (AvgIpc) is 3.40. The molecular formula is C23H26ClN7O.